The Morgan fingerprint density at radius 2 is 1.89 bits per heavy atom. The number of likely N-dealkylation sites (tertiary alicyclic amines) is 1. The summed E-state index contributed by atoms with van der Waals surface area (Å²) in [5, 5.41) is 9.90. The minimum Gasteiger partial charge on any atom is -0.455 e. The Kier molecular flexibility index (Phi) is 10.7. The first kappa shape index (κ1) is 33.9. The van der Waals surface area contributed by atoms with Crippen LogP contribution in [0.3, 0.4) is 0 Å². The third kappa shape index (κ3) is 5.98. The molecule has 2 bridgehead atoms. The van der Waals surface area contributed by atoms with Crippen molar-refractivity contribution in [1.29, 1.82) is 0 Å². The van der Waals surface area contributed by atoms with Gasteiger partial charge in [0.1, 0.15) is 17.7 Å². The molecule has 1 spiro atoms. The van der Waals surface area contributed by atoms with Gasteiger partial charge in [0.15, 0.2) is 0 Å². The van der Waals surface area contributed by atoms with E-state index in [1.54, 1.807) is 29.0 Å². The van der Waals surface area contributed by atoms with Gasteiger partial charge in [-0.25, -0.2) is 0 Å². The molecule has 1 N–H and O–H groups in total. The summed E-state index contributed by atoms with van der Waals surface area (Å²) in [6.45, 7) is 12.9. The van der Waals surface area contributed by atoms with E-state index in [2.05, 4.69) is 29.1 Å². The summed E-state index contributed by atoms with van der Waals surface area (Å²) >= 11 is 3.68. The molecule has 0 aromatic heterocycles. The van der Waals surface area contributed by atoms with Crippen molar-refractivity contribution >= 4 is 39.6 Å². The standard InChI is InChI=1S/C33H44BrN3O7/c1-7-9-15-24(39)35(6)21(5)27(22-13-11-10-12-14-22)43-32(42)25-26-30(40)37(17-18-38)29(31(41)36(16-8-2)20(3)4)33(26)19-23(34)28(25)44-33/h7-8,10-14,20-21,23,25-29,38H,1-2,9,15-19H2,3-6H3/t21-,23?,25-,26+,27+,28-,29-,33+/m1/s1. The quantitative estimate of drug-likeness (QED) is 0.183. The molecule has 0 aliphatic carbocycles. The van der Waals surface area contributed by atoms with Crippen LogP contribution in [0.2, 0.25) is 0 Å². The number of aliphatic hydroxyl groups is 1. The second-order valence-corrected chi connectivity index (χ2v) is 13.3. The number of allylic oxidation sites excluding steroid dienone is 1. The first-order chi connectivity index (χ1) is 20.9. The Morgan fingerprint density at radius 1 is 1.20 bits per heavy atom. The number of halogens is 1. The molecule has 0 radical (unpaired) electrons. The molecular formula is C33H44BrN3O7. The SMILES string of the molecule is C=CCCC(=O)N(C)[C@H](C)[C@H](OC(=O)[C@H]1[C@@H]2O[C@@]3(CC2Br)[C@@H]1C(=O)N(CCO)[C@@H]3C(=O)N(CC=C)C(C)C)c1ccccc1. The van der Waals surface area contributed by atoms with Crippen LogP contribution in [0.4, 0.5) is 0 Å². The molecule has 3 heterocycles. The van der Waals surface area contributed by atoms with E-state index in [4.69, 9.17) is 9.47 Å². The number of β-amino-alcohol motifs (C(OH)–C–C–N with tert-alkyl or cyclic N) is 1. The van der Waals surface area contributed by atoms with E-state index >= 15 is 0 Å². The summed E-state index contributed by atoms with van der Waals surface area (Å²) < 4.78 is 12.8. The van der Waals surface area contributed by atoms with E-state index in [0.29, 0.717) is 18.4 Å². The lowest BCUT2D eigenvalue weighted by Gasteiger charge is -2.38. The normalized spacial score (nSPS) is 28.4. The fraction of sp³-hybridized carbons (Fsp3) is 0.576. The largest absolute Gasteiger partial charge is 0.455 e. The number of carbonyl (C=O) groups excluding carboxylic acids is 4. The Morgan fingerprint density at radius 3 is 2.48 bits per heavy atom. The second kappa shape index (κ2) is 14.0. The molecule has 1 unspecified atom stereocenters. The summed E-state index contributed by atoms with van der Waals surface area (Å²) in [7, 11) is 1.68. The van der Waals surface area contributed by atoms with Gasteiger partial charge in [-0.05, 0) is 39.2 Å². The van der Waals surface area contributed by atoms with Crippen LogP contribution >= 0.6 is 15.9 Å². The van der Waals surface area contributed by atoms with E-state index in [1.807, 2.05) is 51.1 Å². The average Bonchev–Trinajstić information content (AvgIpc) is 3.60. The zero-order valence-corrected chi connectivity index (χ0v) is 27.5. The van der Waals surface area contributed by atoms with Crippen molar-refractivity contribution in [3.05, 3.63) is 61.2 Å². The summed E-state index contributed by atoms with van der Waals surface area (Å²) in [5.41, 5.74) is -0.568. The van der Waals surface area contributed by atoms with Crippen LogP contribution < -0.4 is 0 Å². The van der Waals surface area contributed by atoms with E-state index in [0.717, 1.165) is 0 Å². The number of benzene rings is 1. The van der Waals surface area contributed by atoms with Crippen LogP contribution in [0.5, 0.6) is 0 Å². The summed E-state index contributed by atoms with van der Waals surface area (Å²) in [4.78, 5) is 59.6. The monoisotopic (exact) mass is 673 g/mol. The fourth-order valence-corrected chi connectivity index (χ4v) is 7.94. The molecule has 3 fully saturated rings. The molecule has 3 aliphatic heterocycles. The average molecular weight is 675 g/mol. The maximum atomic E-state index is 14.2. The number of alkyl halides is 1. The number of carbonyl (C=O) groups is 4. The van der Waals surface area contributed by atoms with Crippen molar-refractivity contribution in [2.24, 2.45) is 11.8 Å². The van der Waals surface area contributed by atoms with Crippen molar-refractivity contribution in [3.63, 3.8) is 0 Å². The van der Waals surface area contributed by atoms with E-state index in [-0.39, 0.29) is 48.8 Å². The van der Waals surface area contributed by atoms with E-state index < -0.39 is 53.6 Å². The first-order valence-electron chi connectivity index (χ1n) is 15.2. The molecular weight excluding hydrogens is 630 g/mol. The van der Waals surface area contributed by atoms with Gasteiger partial charge in [0.2, 0.25) is 17.7 Å². The van der Waals surface area contributed by atoms with Gasteiger partial charge in [-0.1, -0.05) is 58.4 Å². The van der Waals surface area contributed by atoms with Gasteiger partial charge in [0, 0.05) is 37.4 Å². The van der Waals surface area contributed by atoms with Gasteiger partial charge in [-0.2, -0.15) is 0 Å². The third-order valence-electron chi connectivity index (χ3n) is 9.24. The minimum atomic E-state index is -1.27. The second-order valence-electron chi connectivity index (χ2n) is 12.1. The zero-order valence-electron chi connectivity index (χ0n) is 25.9. The van der Waals surface area contributed by atoms with Crippen LogP contribution in [-0.2, 0) is 28.7 Å². The molecule has 0 saturated carbocycles. The Hall–Kier alpha value is -3.02. The zero-order chi connectivity index (χ0) is 32.3. The van der Waals surface area contributed by atoms with Crippen LogP contribution in [0.25, 0.3) is 0 Å². The lowest BCUT2D eigenvalue weighted by Crippen LogP contribution is -2.58. The number of hydrogen-bond donors (Lipinski definition) is 1. The van der Waals surface area contributed by atoms with Gasteiger partial charge >= 0.3 is 5.97 Å². The predicted octanol–water partition coefficient (Wildman–Crippen LogP) is 3.25. The molecule has 8 atom stereocenters. The number of likely N-dealkylation sites (N-methyl/N-ethyl adjacent to an activating group) is 1. The number of fused-ring (bicyclic) bond motifs is 1. The number of rotatable bonds is 14. The van der Waals surface area contributed by atoms with Gasteiger partial charge in [0.05, 0.1) is 30.6 Å². The van der Waals surface area contributed by atoms with Gasteiger partial charge in [-0.15, -0.1) is 13.2 Å². The highest BCUT2D eigenvalue weighted by molar-refractivity contribution is 9.09. The summed E-state index contributed by atoms with van der Waals surface area (Å²) in [5.74, 6) is -3.43. The molecule has 240 valence electrons. The molecule has 1 aromatic carbocycles. The van der Waals surface area contributed by atoms with Crippen molar-refractivity contribution in [2.75, 3.05) is 26.7 Å². The van der Waals surface area contributed by atoms with Crippen LogP contribution in [-0.4, -0.2) is 105 Å². The molecule has 3 amide bonds. The highest BCUT2D eigenvalue weighted by Crippen LogP contribution is 2.60. The molecule has 11 heteroatoms. The molecule has 3 aliphatic rings. The minimum absolute atomic E-state index is 0.0719. The number of nitrogens with zero attached hydrogens (tertiary/aromatic N) is 3. The van der Waals surface area contributed by atoms with Crippen LogP contribution in [0.15, 0.2) is 55.6 Å². The summed E-state index contributed by atoms with van der Waals surface area (Å²) in [6, 6.07) is 7.47. The number of hydrogen-bond acceptors (Lipinski definition) is 7. The van der Waals surface area contributed by atoms with Crippen molar-refractivity contribution < 1.29 is 33.8 Å². The highest BCUT2D eigenvalue weighted by atomic mass is 79.9. The number of esters is 1. The number of amides is 3. The van der Waals surface area contributed by atoms with Gasteiger partial charge in [0.25, 0.3) is 0 Å². The number of aliphatic hydroxyl groups excluding tert-OH is 1. The van der Waals surface area contributed by atoms with Crippen molar-refractivity contribution in [1.82, 2.24) is 14.7 Å². The van der Waals surface area contributed by atoms with Gasteiger partial charge < -0.3 is 29.3 Å². The molecule has 4 rings (SSSR count). The molecule has 10 nitrogen and oxygen atoms in total. The Labute approximate surface area is 268 Å². The first-order valence-corrected chi connectivity index (χ1v) is 16.1. The topological polar surface area (TPSA) is 117 Å². The molecule has 3 saturated heterocycles. The lowest BCUT2D eigenvalue weighted by molar-refractivity contribution is -0.164. The van der Waals surface area contributed by atoms with E-state index in [1.165, 1.54) is 4.90 Å². The smallest absolute Gasteiger partial charge is 0.313 e. The van der Waals surface area contributed by atoms with Crippen LogP contribution in [0.1, 0.15) is 51.7 Å². The number of ether oxygens (including phenoxy) is 2. The van der Waals surface area contributed by atoms with Gasteiger partial charge in [-0.3, -0.25) is 19.2 Å². The summed E-state index contributed by atoms with van der Waals surface area (Å²) in [6.07, 6.45) is 2.93. The van der Waals surface area contributed by atoms with Crippen molar-refractivity contribution in [3.8, 4) is 0 Å². The fourth-order valence-electron chi connectivity index (χ4n) is 7.00. The van der Waals surface area contributed by atoms with Crippen molar-refractivity contribution in [2.45, 2.75) is 80.8 Å². The third-order valence-corrected chi connectivity index (χ3v) is 10.1. The molecule has 44 heavy (non-hydrogen) atoms. The molecule has 1 aromatic rings. The maximum absolute atomic E-state index is 14.2. The highest BCUT2D eigenvalue weighted by Gasteiger charge is 2.77. The predicted molar refractivity (Wildman–Crippen MR) is 168 cm³/mol. The Balaban J connectivity index is 1.70. The maximum Gasteiger partial charge on any atom is 0.313 e. The lowest BCUT2D eigenvalue weighted by atomic mass is 9.70. The Bertz CT molecular complexity index is 1260. The van der Waals surface area contributed by atoms with Crippen LogP contribution in [0, 0.1) is 11.8 Å². The van der Waals surface area contributed by atoms with E-state index in [9.17, 15) is 24.3 Å².